The van der Waals surface area contributed by atoms with Crippen molar-refractivity contribution in [3.8, 4) is 0 Å². The lowest BCUT2D eigenvalue weighted by molar-refractivity contribution is 0.459. The number of nitrogens with two attached hydrogens (primary N) is 1. The zero-order valence-electron chi connectivity index (χ0n) is 11.2. The molecule has 2 rings (SSSR count). The Labute approximate surface area is 119 Å². The van der Waals surface area contributed by atoms with Gasteiger partial charge >= 0.3 is 0 Å². The molecule has 6 nitrogen and oxygen atoms in total. The van der Waals surface area contributed by atoms with Crippen molar-refractivity contribution in [1.29, 1.82) is 0 Å². The smallest absolute Gasteiger partial charge is 0.243 e. The van der Waals surface area contributed by atoms with Crippen molar-refractivity contribution in [2.24, 2.45) is 11.7 Å². The molecule has 0 bridgehead atoms. The summed E-state index contributed by atoms with van der Waals surface area (Å²) in [7, 11) is -6.88. The summed E-state index contributed by atoms with van der Waals surface area (Å²) in [6.07, 6.45) is 1.85. The van der Waals surface area contributed by atoms with Gasteiger partial charge in [0.1, 0.15) is 0 Å². The van der Waals surface area contributed by atoms with Crippen LogP contribution >= 0.6 is 0 Å². The highest BCUT2D eigenvalue weighted by atomic mass is 32.2. The molecule has 1 aliphatic heterocycles. The van der Waals surface area contributed by atoms with Crippen molar-refractivity contribution < 1.29 is 16.8 Å². The topological polar surface area (TPSA) is 97.5 Å². The number of rotatable bonds is 4. The standard InChI is InChI=1S/C12H18N2O4S2/c1-19(15,16)11-2-4-12(5-3-11)20(17,18)14-7-6-10(8-13)9-14/h2-5,10H,6-9,13H2,1H3. The molecule has 0 aromatic heterocycles. The van der Waals surface area contributed by atoms with Gasteiger partial charge in [0.15, 0.2) is 9.84 Å². The minimum absolute atomic E-state index is 0.109. The number of hydrogen-bond donors (Lipinski definition) is 1. The summed E-state index contributed by atoms with van der Waals surface area (Å²) in [5, 5.41) is 0. The summed E-state index contributed by atoms with van der Waals surface area (Å²) < 4.78 is 48.9. The lowest BCUT2D eigenvalue weighted by Crippen LogP contribution is -2.30. The monoisotopic (exact) mass is 318 g/mol. The van der Waals surface area contributed by atoms with Gasteiger partial charge in [0, 0.05) is 19.3 Å². The Kier molecular flexibility index (Phi) is 4.19. The quantitative estimate of drug-likeness (QED) is 0.846. The summed E-state index contributed by atoms with van der Waals surface area (Å²) in [6, 6.07) is 5.31. The van der Waals surface area contributed by atoms with Gasteiger partial charge in [0.2, 0.25) is 10.0 Å². The van der Waals surface area contributed by atoms with Crippen LogP contribution in [0.3, 0.4) is 0 Å². The van der Waals surface area contributed by atoms with Gasteiger partial charge in [-0.1, -0.05) is 0 Å². The van der Waals surface area contributed by atoms with Crippen LogP contribution in [0.15, 0.2) is 34.1 Å². The molecule has 0 saturated carbocycles. The predicted molar refractivity (Wildman–Crippen MR) is 75.5 cm³/mol. The number of sulfone groups is 1. The molecule has 0 amide bonds. The molecule has 1 atom stereocenters. The highest BCUT2D eigenvalue weighted by molar-refractivity contribution is 7.90. The maximum absolute atomic E-state index is 12.4. The van der Waals surface area contributed by atoms with Crippen molar-refractivity contribution in [2.45, 2.75) is 16.2 Å². The fourth-order valence-corrected chi connectivity index (χ4v) is 4.38. The van der Waals surface area contributed by atoms with E-state index >= 15 is 0 Å². The summed E-state index contributed by atoms with van der Waals surface area (Å²) in [4.78, 5) is 0.222. The second-order valence-electron chi connectivity index (χ2n) is 5.00. The lowest BCUT2D eigenvalue weighted by atomic mass is 10.1. The van der Waals surface area contributed by atoms with Crippen LogP contribution in [0.1, 0.15) is 6.42 Å². The van der Waals surface area contributed by atoms with Crippen molar-refractivity contribution in [1.82, 2.24) is 4.31 Å². The molecular weight excluding hydrogens is 300 g/mol. The van der Waals surface area contributed by atoms with Crippen LogP contribution in [0.4, 0.5) is 0 Å². The van der Waals surface area contributed by atoms with Crippen molar-refractivity contribution in [2.75, 3.05) is 25.9 Å². The molecule has 0 radical (unpaired) electrons. The van der Waals surface area contributed by atoms with Gasteiger partial charge in [-0.3, -0.25) is 0 Å². The molecule has 0 aliphatic carbocycles. The fourth-order valence-electron chi connectivity index (χ4n) is 2.22. The Morgan fingerprint density at radius 1 is 1.15 bits per heavy atom. The Hall–Kier alpha value is -0.960. The van der Waals surface area contributed by atoms with E-state index in [9.17, 15) is 16.8 Å². The first-order valence-corrected chi connectivity index (χ1v) is 9.58. The molecule has 112 valence electrons. The van der Waals surface area contributed by atoms with Crippen LogP contribution in [0.2, 0.25) is 0 Å². The maximum Gasteiger partial charge on any atom is 0.243 e. The van der Waals surface area contributed by atoms with E-state index in [-0.39, 0.29) is 15.7 Å². The van der Waals surface area contributed by atoms with Crippen molar-refractivity contribution >= 4 is 19.9 Å². The molecular formula is C12H18N2O4S2. The SMILES string of the molecule is CS(=O)(=O)c1ccc(S(=O)(=O)N2CCC(CN)C2)cc1. The van der Waals surface area contributed by atoms with Crippen LogP contribution < -0.4 is 5.73 Å². The Bertz CT molecular complexity index is 681. The van der Waals surface area contributed by atoms with Crippen LogP contribution in [-0.2, 0) is 19.9 Å². The van der Waals surface area contributed by atoms with E-state index in [1.807, 2.05) is 0 Å². The Balaban J connectivity index is 2.27. The Morgan fingerprint density at radius 2 is 1.70 bits per heavy atom. The average molecular weight is 318 g/mol. The van der Waals surface area contributed by atoms with Crippen LogP contribution in [0, 0.1) is 5.92 Å². The molecule has 1 aromatic carbocycles. The van der Waals surface area contributed by atoms with Gasteiger partial charge in [0.05, 0.1) is 9.79 Å². The first-order valence-electron chi connectivity index (χ1n) is 6.25. The van der Waals surface area contributed by atoms with Gasteiger partial charge in [0.25, 0.3) is 0 Å². The molecule has 20 heavy (non-hydrogen) atoms. The van der Waals surface area contributed by atoms with Crippen LogP contribution in [-0.4, -0.2) is 47.0 Å². The second-order valence-corrected chi connectivity index (χ2v) is 8.95. The van der Waals surface area contributed by atoms with E-state index in [1.54, 1.807) is 0 Å². The third kappa shape index (κ3) is 3.03. The lowest BCUT2D eigenvalue weighted by Gasteiger charge is -2.16. The maximum atomic E-state index is 12.4. The molecule has 1 unspecified atom stereocenters. The van der Waals surface area contributed by atoms with E-state index < -0.39 is 19.9 Å². The fraction of sp³-hybridized carbons (Fsp3) is 0.500. The van der Waals surface area contributed by atoms with Crippen LogP contribution in [0.5, 0.6) is 0 Å². The highest BCUT2D eigenvalue weighted by Crippen LogP contribution is 2.24. The highest BCUT2D eigenvalue weighted by Gasteiger charge is 2.31. The molecule has 8 heteroatoms. The number of sulfonamides is 1. The summed E-state index contributed by atoms with van der Waals surface area (Å²) in [5.74, 6) is 0.195. The van der Waals surface area contributed by atoms with Gasteiger partial charge in [-0.05, 0) is 43.1 Å². The van der Waals surface area contributed by atoms with Gasteiger partial charge < -0.3 is 5.73 Å². The molecule has 0 spiro atoms. The van der Waals surface area contributed by atoms with E-state index in [4.69, 9.17) is 5.73 Å². The number of hydrogen-bond acceptors (Lipinski definition) is 5. The number of benzene rings is 1. The van der Waals surface area contributed by atoms with Gasteiger partial charge in [-0.15, -0.1) is 0 Å². The minimum Gasteiger partial charge on any atom is -0.330 e. The summed E-state index contributed by atoms with van der Waals surface area (Å²) in [5.41, 5.74) is 5.56. The summed E-state index contributed by atoms with van der Waals surface area (Å²) in [6.45, 7) is 1.35. The van der Waals surface area contributed by atoms with E-state index in [0.717, 1.165) is 12.7 Å². The van der Waals surface area contributed by atoms with Crippen molar-refractivity contribution in [3.63, 3.8) is 0 Å². The average Bonchev–Trinajstić information content (AvgIpc) is 2.87. The molecule has 1 heterocycles. The molecule has 1 aromatic rings. The van der Waals surface area contributed by atoms with E-state index in [2.05, 4.69) is 0 Å². The molecule has 1 aliphatic rings. The van der Waals surface area contributed by atoms with Gasteiger partial charge in [-0.25, -0.2) is 16.8 Å². The third-order valence-electron chi connectivity index (χ3n) is 3.47. The Morgan fingerprint density at radius 3 is 2.15 bits per heavy atom. The van der Waals surface area contributed by atoms with Crippen molar-refractivity contribution in [3.05, 3.63) is 24.3 Å². The minimum atomic E-state index is -3.56. The third-order valence-corrected chi connectivity index (χ3v) is 6.48. The first-order chi connectivity index (χ1) is 9.25. The van der Waals surface area contributed by atoms with Crippen LogP contribution in [0.25, 0.3) is 0 Å². The molecule has 2 N–H and O–H groups in total. The predicted octanol–water partition coefficient (Wildman–Crippen LogP) is 0.0594. The second kappa shape index (κ2) is 5.44. The normalized spacial score (nSPS) is 21.2. The zero-order valence-corrected chi connectivity index (χ0v) is 12.8. The molecule has 1 fully saturated rings. The molecule has 1 saturated heterocycles. The van der Waals surface area contributed by atoms with E-state index in [1.165, 1.54) is 28.6 Å². The number of nitrogens with zero attached hydrogens (tertiary/aromatic N) is 1. The first kappa shape index (κ1) is 15.4. The van der Waals surface area contributed by atoms with Gasteiger partial charge in [-0.2, -0.15) is 4.31 Å². The largest absolute Gasteiger partial charge is 0.330 e. The zero-order chi connectivity index (χ0) is 15.0. The van der Waals surface area contributed by atoms with E-state index in [0.29, 0.717) is 19.6 Å². The summed E-state index contributed by atoms with van der Waals surface area (Å²) >= 11 is 0.